The Balaban J connectivity index is 1.45. The van der Waals surface area contributed by atoms with Crippen LogP contribution >= 0.6 is 0 Å². The van der Waals surface area contributed by atoms with Gasteiger partial charge in [-0.15, -0.1) is 0 Å². The first-order valence-electron chi connectivity index (χ1n) is 11.3. The zero-order valence-electron chi connectivity index (χ0n) is 18.0. The van der Waals surface area contributed by atoms with Crippen LogP contribution < -0.4 is 15.4 Å². The molecular weight excluding hydrogens is 443 g/mol. The summed E-state index contributed by atoms with van der Waals surface area (Å²) in [5, 5.41) is 0. The Labute approximate surface area is 188 Å². The van der Waals surface area contributed by atoms with Crippen molar-refractivity contribution in [2.75, 3.05) is 42.6 Å². The van der Waals surface area contributed by atoms with Gasteiger partial charge in [0.25, 0.3) is 5.56 Å². The largest absolute Gasteiger partial charge is 0.408 e. The lowest BCUT2D eigenvalue weighted by molar-refractivity contribution is -0.153. The van der Waals surface area contributed by atoms with Gasteiger partial charge in [0, 0.05) is 38.2 Å². The lowest BCUT2D eigenvalue weighted by Gasteiger charge is -2.40. The van der Waals surface area contributed by atoms with E-state index in [0.29, 0.717) is 44.9 Å². The minimum atomic E-state index is -4.57. The van der Waals surface area contributed by atoms with Crippen molar-refractivity contribution >= 4 is 24.0 Å². The number of aromatic nitrogens is 2. The van der Waals surface area contributed by atoms with E-state index in [0.717, 1.165) is 17.7 Å². The van der Waals surface area contributed by atoms with Gasteiger partial charge in [-0.25, -0.2) is 0 Å². The number of piperidine rings is 1. The lowest BCUT2D eigenvalue weighted by Crippen LogP contribution is -2.55. The third-order valence-corrected chi connectivity index (χ3v) is 7.27. The van der Waals surface area contributed by atoms with Crippen molar-refractivity contribution in [1.82, 2.24) is 14.5 Å². The van der Waals surface area contributed by atoms with Crippen molar-refractivity contribution in [3.05, 3.63) is 16.4 Å². The molecular formula is C21H26F3N5O4. The first kappa shape index (κ1) is 22.2. The van der Waals surface area contributed by atoms with Crippen LogP contribution in [0.2, 0.25) is 0 Å². The smallest absolute Gasteiger partial charge is 0.374 e. The van der Waals surface area contributed by atoms with Crippen LogP contribution in [-0.4, -0.2) is 83.8 Å². The van der Waals surface area contributed by atoms with Crippen molar-refractivity contribution in [3.8, 4) is 0 Å². The maximum absolute atomic E-state index is 14.0. The van der Waals surface area contributed by atoms with Gasteiger partial charge in [0.1, 0.15) is 11.9 Å². The van der Waals surface area contributed by atoms with Crippen LogP contribution in [0.25, 0.3) is 0 Å². The molecule has 4 aliphatic heterocycles. The fourth-order valence-electron chi connectivity index (χ4n) is 5.43. The highest BCUT2D eigenvalue weighted by atomic mass is 19.4. The SMILES string of the molecule is O=CN1CCC(C(=O)CN2c3nc(N4C[C@@H]5C[C@H]4CO5)cc(=O)n3CCC2C(F)(F)F)CC1. The number of halogens is 3. The number of nitrogens with zero attached hydrogens (tertiary/aromatic N) is 5. The highest BCUT2D eigenvalue weighted by molar-refractivity contribution is 5.85. The van der Waals surface area contributed by atoms with Gasteiger partial charge in [0.2, 0.25) is 12.4 Å². The maximum Gasteiger partial charge on any atom is 0.408 e. The Kier molecular flexibility index (Phi) is 5.58. The Hall–Kier alpha value is -2.63. The number of ketones is 1. The second-order valence-corrected chi connectivity index (χ2v) is 9.26. The fourth-order valence-corrected chi connectivity index (χ4v) is 5.43. The number of carbonyl (C=O) groups is 2. The normalized spacial score (nSPS) is 27.7. The highest BCUT2D eigenvalue weighted by Crippen LogP contribution is 2.36. The minimum absolute atomic E-state index is 0.0356. The molecule has 1 aromatic heterocycles. The molecule has 12 heteroatoms. The van der Waals surface area contributed by atoms with Gasteiger partial charge in [-0.05, 0) is 25.7 Å². The van der Waals surface area contributed by atoms with E-state index in [4.69, 9.17) is 4.74 Å². The summed E-state index contributed by atoms with van der Waals surface area (Å²) in [5.41, 5.74) is -0.420. The van der Waals surface area contributed by atoms with Crippen molar-refractivity contribution in [2.45, 2.75) is 56.6 Å². The molecule has 5 heterocycles. The molecule has 5 rings (SSSR count). The first-order valence-corrected chi connectivity index (χ1v) is 11.3. The summed E-state index contributed by atoms with van der Waals surface area (Å²) in [5.74, 6) is -0.515. The van der Waals surface area contributed by atoms with E-state index in [1.165, 1.54) is 10.6 Å². The summed E-state index contributed by atoms with van der Waals surface area (Å²) in [6.45, 7) is 1.26. The quantitative estimate of drug-likeness (QED) is 0.590. The summed E-state index contributed by atoms with van der Waals surface area (Å²) in [6.07, 6.45) is -2.51. The van der Waals surface area contributed by atoms with E-state index in [1.54, 1.807) is 4.90 Å². The zero-order chi connectivity index (χ0) is 23.3. The Bertz CT molecular complexity index is 991. The van der Waals surface area contributed by atoms with Gasteiger partial charge in [-0.2, -0.15) is 18.2 Å². The Morgan fingerprint density at radius 3 is 2.58 bits per heavy atom. The molecule has 0 spiro atoms. The number of alkyl halides is 3. The summed E-state index contributed by atoms with van der Waals surface area (Å²) in [7, 11) is 0. The van der Waals surface area contributed by atoms with E-state index in [-0.39, 0.29) is 36.8 Å². The van der Waals surface area contributed by atoms with Gasteiger partial charge in [0.05, 0.1) is 25.3 Å². The van der Waals surface area contributed by atoms with Crippen molar-refractivity contribution < 1.29 is 27.5 Å². The number of carbonyl (C=O) groups excluding carboxylic acids is 2. The van der Waals surface area contributed by atoms with Gasteiger partial charge >= 0.3 is 6.18 Å². The standard InChI is InChI=1S/C21H26F3N5O4/c22-21(23,24)17-3-6-27-19(32)8-18(28-9-15-7-14(28)11-33-15)25-20(27)29(17)10-16(31)13-1-4-26(12-30)5-2-13/h8,12-15,17H,1-7,9-11H2/t14-,15-,17?/m0/s1. The molecule has 0 saturated carbocycles. The van der Waals surface area contributed by atoms with E-state index >= 15 is 0 Å². The molecule has 180 valence electrons. The average Bonchev–Trinajstić information content (AvgIpc) is 3.42. The number of rotatable bonds is 5. The maximum atomic E-state index is 14.0. The number of anilines is 2. The molecule has 3 fully saturated rings. The van der Waals surface area contributed by atoms with Crippen LogP contribution in [0.5, 0.6) is 0 Å². The van der Waals surface area contributed by atoms with Crippen LogP contribution in [0.3, 0.4) is 0 Å². The Morgan fingerprint density at radius 2 is 1.97 bits per heavy atom. The summed E-state index contributed by atoms with van der Waals surface area (Å²) >= 11 is 0. The van der Waals surface area contributed by atoms with Crippen LogP contribution in [0, 0.1) is 5.92 Å². The number of fused-ring (bicyclic) bond motifs is 3. The summed E-state index contributed by atoms with van der Waals surface area (Å²) in [4.78, 5) is 45.7. The van der Waals surface area contributed by atoms with Crippen LogP contribution in [0.4, 0.5) is 24.9 Å². The first-order chi connectivity index (χ1) is 15.7. The molecule has 1 aromatic rings. The van der Waals surface area contributed by atoms with Gasteiger partial charge < -0.3 is 19.4 Å². The minimum Gasteiger partial charge on any atom is -0.374 e. The van der Waals surface area contributed by atoms with Crippen LogP contribution in [0.1, 0.15) is 25.7 Å². The van der Waals surface area contributed by atoms with Crippen molar-refractivity contribution in [3.63, 3.8) is 0 Å². The molecule has 3 atom stereocenters. The molecule has 0 aromatic carbocycles. The predicted molar refractivity (Wildman–Crippen MR) is 111 cm³/mol. The van der Waals surface area contributed by atoms with Gasteiger partial charge in [-0.3, -0.25) is 19.0 Å². The predicted octanol–water partition coefficient (Wildman–Crippen LogP) is 0.799. The Morgan fingerprint density at radius 1 is 1.21 bits per heavy atom. The molecule has 33 heavy (non-hydrogen) atoms. The second-order valence-electron chi connectivity index (χ2n) is 9.26. The molecule has 9 nitrogen and oxygen atoms in total. The van der Waals surface area contributed by atoms with E-state index in [9.17, 15) is 27.6 Å². The van der Waals surface area contributed by atoms with Gasteiger partial charge in [0.15, 0.2) is 5.78 Å². The summed E-state index contributed by atoms with van der Waals surface area (Å²) in [6, 6.07) is -0.477. The number of ether oxygens (including phenoxy) is 1. The van der Waals surface area contributed by atoms with Crippen LogP contribution in [-0.2, 0) is 20.9 Å². The van der Waals surface area contributed by atoms with E-state index < -0.39 is 30.2 Å². The number of hydrogen-bond donors (Lipinski definition) is 0. The molecule has 2 bridgehead atoms. The molecule has 1 amide bonds. The fraction of sp³-hybridized carbons (Fsp3) is 0.714. The monoisotopic (exact) mass is 469 g/mol. The highest BCUT2D eigenvalue weighted by Gasteiger charge is 2.48. The van der Waals surface area contributed by atoms with Crippen LogP contribution in [0.15, 0.2) is 10.9 Å². The third-order valence-electron chi connectivity index (χ3n) is 7.27. The molecule has 1 unspecified atom stereocenters. The topological polar surface area (TPSA) is 88.0 Å². The third kappa shape index (κ3) is 4.09. The molecule has 4 aliphatic rings. The number of Topliss-reactive ketones (excluding diaryl/α,β-unsaturated/α-hetero) is 1. The number of hydrogen-bond acceptors (Lipinski definition) is 7. The number of amides is 1. The lowest BCUT2D eigenvalue weighted by atomic mass is 9.92. The number of morpholine rings is 1. The van der Waals surface area contributed by atoms with E-state index in [1.807, 2.05) is 4.90 Å². The van der Waals surface area contributed by atoms with Crippen molar-refractivity contribution in [1.29, 1.82) is 0 Å². The summed E-state index contributed by atoms with van der Waals surface area (Å²) < 4.78 is 48.7. The average molecular weight is 469 g/mol. The molecule has 0 aliphatic carbocycles. The van der Waals surface area contributed by atoms with Gasteiger partial charge in [-0.1, -0.05) is 0 Å². The molecule has 3 saturated heterocycles. The second kappa shape index (κ2) is 8.30. The zero-order valence-corrected chi connectivity index (χ0v) is 18.0. The van der Waals surface area contributed by atoms with E-state index in [2.05, 4.69) is 4.98 Å². The molecule has 0 radical (unpaired) electrons. The number of likely N-dealkylation sites (tertiary alicyclic amines) is 1. The van der Waals surface area contributed by atoms with Crippen molar-refractivity contribution in [2.24, 2.45) is 5.92 Å². The molecule has 0 N–H and O–H groups in total.